The number of fused-ring (bicyclic) bond motifs is 1. The maximum absolute atomic E-state index is 13.5. The first kappa shape index (κ1) is 22.9. The average molecular weight is 491 g/mol. The molecule has 2 aromatic carbocycles. The van der Waals surface area contributed by atoms with E-state index in [-0.39, 0.29) is 17.4 Å². The molecule has 1 aliphatic heterocycles. The van der Waals surface area contributed by atoms with E-state index < -0.39 is 0 Å². The summed E-state index contributed by atoms with van der Waals surface area (Å²) in [6, 6.07) is 16.6. The summed E-state index contributed by atoms with van der Waals surface area (Å²) in [6.45, 7) is 1.24. The molecule has 0 aliphatic carbocycles. The number of amides is 1. The third-order valence-electron chi connectivity index (χ3n) is 6.28. The second kappa shape index (κ2) is 9.79. The number of hydrogen-bond donors (Lipinski definition) is 1. The summed E-state index contributed by atoms with van der Waals surface area (Å²) in [6.07, 6.45) is 1.33. The van der Waals surface area contributed by atoms with Crippen LogP contribution in [0.25, 0.3) is 15.9 Å². The van der Waals surface area contributed by atoms with Gasteiger partial charge in [0.05, 0.1) is 25.4 Å². The summed E-state index contributed by atoms with van der Waals surface area (Å²) < 4.78 is 12.8. The van der Waals surface area contributed by atoms with Crippen LogP contribution >= 0.6 is 11.3 Å². The molecule has 1 N–H and O–H groups in total. The fourth-order valence-electron chi connectivity index (χ4n) is 4.36. The zero-order valence-electron chi connectivity index (χ0n) is 19.6. The molecular formula is C26H26N4O4S. The van der Waals surface area contributed by atoms with Gasteiger partial charge in [0.15, 0.2) is 0 Å². The van der Waals surface area contributed by atoms with E-state index >= 15 is 0 Å². The van der Waals surface area contributed by atoms with Crippen molar-refractivity contribution >= 4 is 39.1 Å². The van der Waals surface area contributed by atoms with Crippen molar-refractivity contribution in [1.82, 2.24) is 9.55 Å². The minimum atomic E-state index is -0.116. The molecule has 180 valence electrons. The Morgan fingerprint density at radius 2 is 1.77 bits per heavy atom. The van der Waals surface area contributed by atoms with Crippen molar-refractivity contribution in [1.29, 1.82) is 0 Å². The molecule has 2 aromatic heterocycles. The molecule has 1 fully saturated rings. The van der Waals surface area contributed by atoms with E-state index in [9.17, 15) is 9.59 Å². The third kappa shape index (κ3) is 4.59. The lowest BCUT2D eigenvalue weighted by Gasteiger charge is -2.33. The first-order valence-electron chi connectivity index (χ1n) is 11.4. The highest BCUT2D eigenvalue weighted by Gasteiger charge is 2.28. The number of ether oxygens (including phenoxy) is 2. The number of anilines is 2. The molecule has 0 atom stereocenters. The quantitative estimate of drug-likeness (QED) is 0.433. The molecule has 35 heavy (non-hydrogen) atoms. The summed E-state index contributed by atoms with van der Waals surface area (Å²) in [5.41, 5.74) is 2.03. The molecule has 1 aliphatic rings. The van der Waals surface area contributed by atoms with Crippen molar-refractivity contribution in [2.24, 2.45) is 5.92 Å². The van der Waals surface area contributed by atoms with E-state index in [0.29, 0.717) is 53.5 Å². The Morgan fingerprint density at radius 1 is 1.03 bits per heavy atom. The monoisotopic (exact) mass is 490 g/mol. The second-order valence-electron chi connectivity index (χ2n) is 8.37. The summed E-state index contributed by atoms with van der Waals surface area (Å²) in [4.78, 5) is 33.3. The molecule has 0 bridgehead atoms. The van der Waals surface area contributed by atoms with Crippen molar-refractivity contribution in [3.05, 3.63) is 70.3 Å². The highest BCUT2D eigenvalue weighted by molar-refractivity contribution is 7.17. The summed E-state index contributed by atoms with van der Waals surface area (Å²) >= 11 is 1.39. The van der Waals surface area contributed by atoms with Crippen LogP contribution in [-0.4, -0.2) is 42.8 Å². The van der Waals surface area contributed by atoms with Gasteiger partial charge in [-0.3, -0.25) is 9.59 Å². The predicted molar refractivity (Wildman–Crippen MR) is 138 cm³/mol. The summed E-state index contributed by atoms with van der Waals surface area (Å²) in [5, 5.41) is 4.88. The molecule has 3 heterocycles. The minimum Gasteiger partial charge on any atom is -0.497 e. The van der Waals surface area contributed by atoms with E-state index in [2.05, 4.69) is 10.2 Å². The van der Waals surface area contributed by atoms with Gasteiger partial charge in [0.1, 0.15) is 16.2 Å². The lowest BCUT2D eigenvalue weighted by molar-refractivity contribution is -0.120. The van der Waals surface area contributed by atoms with Gasteiger partial charge < -0.3 is 19.7 Å². The minimum absolute atomic E-state index is 0.00116. The lowest BCUT2D eigenvalue weighted by Crippen LogP contribution is -2.41. The number of nitrogens with one attached hydrogen (secondary N) is 1. The Balaban J connectivity index is 1.38. The van der Waals surface area contributed by atoms with Crippen molar-refractivity contribution < 1.29 is 14.3 Å². The highest BCUT2D eigenvalue weighted by Crippen LogP contribution is 2.28. The number of hydrogen-bond acceptors (Lipinski definition) is 7. The smallest absolute Gasteiger partial charge is 0.277 e. The van der Waals surface area contributed by atoms with Gasteiger partial charge in [-0.15, -0.1) is 11.3 Å². The molecule has 4 aromatic rings. The maximum Gasteiger partial charge on any atom is 0.277 e. The van der Waals surface area contributed by atoms with Gasteiger partial charge in [-0.2, -0.15) is 0 Å². The van der Waals surface area contributed by atoms with Crippen molar-refractivity contribution in [2.75, 3.05) is 37.5 Å². The fraction of sp³-hybridized carbons (Fsp3) is 0.269. The number of rotatable bonds is 6. The maximum atomic E-state index is 13.5. The van der Waals surface area contributed by atoms with Gasteiger partial charge in [0.2, 0.25) is 11.9 Å². The molecule has 0 spiro atoms. The molecule has 8 nitrogen and oxygen atoms in total. The van der Waals surface area contributed by atoms with Crippen LogP contribution in [0.15, 0.2) is 64.8 Å². The zero-order chi connectivity index (χ0) is 24.4. The zero-order valence-corrected chi connectivity index (χ0v) is 20.4. The second-order valence-corrected chi connectivity index (χ2v) is 9.28. The van der Waals surface area contributed by atoms with Gasteiger partial charge >= 0.3 is 0 Å². The number of benzene rings is 2. The van der Waals surface area contributed by atoms with Gasteiger partial charge in [0, 0.05) is 30.8 Å². The first-order valence-corrected chi connectivity index (χ1v) is 12.3. The number of aromatic nitrogens is 2. The van der Waals surface area contributed by atoms with E-state index in [1.807, 2.05) is 60.0 Å². The van der Waals surface area contributed by atoms with E-state index in [4.69, 9.17) is 14.5 Å². The van der Waals surface area contributed by atoms with E-state index in [1.165, 1.54) is 11.3 Å². The number of piperidine rings is 1. The van der Waals surface area contributed by atoms with Crippen LogP contribution in [0, 0.1) is 5.92 Å². The van der Waals surface area contributed by atoms with E-state index in [0.717, 1.165) is 11.4 Å². The summed E-state index contributed by atoms with van der Waals surface area (Å²) in [5.74, 6) is 1.88. The van der Waals surface area contributed by atoms with Gasteiger partial charge in [-0.1, -0.05) is 6.07 Å². The topological polar surface area (TPSA) is 85.7 Å². The normalized spacial score (nSPS) is 14.2. The Bertz CT molecular complexity index is 1410. The van der Waals surface area contributed by atoms with Crippen LogP contribution < -0.4 is 25.2 Å². The van der Waals surface area contributed by atoms with Crippen LogP contribution in [0.3, 0.4) is 0 Å². The van der Waals surface area contributed by atoms with Crippen molar-refractivity contribution in [3.8, 4) is 17.2 Å². The largest absolute Gasteiger partial charge is 0.497 e. The van der Waals surface area contributed by atoms with Crippen LogP contribution in [0.4, 0.5) is 11.6 Å². The van der Waals surface area contributed by atoms with Crippen LogP contribution in [0.1, 0.15) is 12.8 Å². The molecule has 0 saturated carbocycles. The van der Waals surface area contributed by atoms with E-state index in [1.54, 1.807) is 18.8 Å². The van der Waals surface area contributed by atoms with Crippen molar-refractivity contribution in [2.45, 2.75) is 12.8 Å². The Hall–Kier alpha value is -3.85. The Kier molecular flexibility index (Phi) is 6.41. The van der Waals surface area contributed by atoms with Gasteiger partial charge in [-0.05, 0) is 60.7 Å². The predicted octanol–water partition coefficient (Wildman–Crippen LogP) is 4.32. The fourth-order valence-corrected chi connectivity index (χ4v) is 5.12. The number of nitrogens with zero attached hydrogens (tertiary/aromatic N) is 3. The molecule has 1 saturated heterocycles. The number of carbonyl (C=O) groups is 1. The van der Waals surface area contributed by atoms with Crippen LogP contribution in [0.5, 0.6) is 11.5 Å². The lowest BCUT2D eigenvalue weighted by atomic mass is 9.96. The van der Waals surface area contributed by atoms with Crippen LogP contribution in [-0.2, 0) is 4.79 Å². The third-order valence-corrected chi connectivity index (χ3v) is 7.17. The number of thiophene rings is 1. The molecule has 0 unspecified atom stereocenters. The molecule has 1 amide bonds. The molecule has 0 radical (unpaired) electrons. The SMILES string of the molecule is COc1ccc(NC(=O)C2CCN(c3nc4ccsc4c(=O)n3-c3cccc(OC)c3)CC2)cc1. The van der Waals surface area contributed by atoms with Crippen LogP contribution in [0.2, 0.25) is 0 Å². The Labute approximate surface area is 206 Å². The molecule has 5 rings (SSSR count). The molecular weight excluding hydrogens is 464 g/mol. The molecule has 9 heteroatoms. The highest BCUT2D eigenvalue weighted by atomic mass is 32.1. The number of carbonyl (C=O) groups excluding carboxylic acids is 1. The van der Waals surface area contributed by atoms with Gasteiger partial charge in [0.25, 0.3) is 5.56 Å². The van der Waals surface area contributed by atoms with Crippen molar-refractivity contribution in [3.63, 3.8) is 0 Å². The number of methoxy groups -OCH3 is 2. The van der Waals surface area contributed by atoms with Gasteiger partial charge in [-0.25, -0.2) is 9.55 Å². The average Bonchev–Trinajstić information content (AvgIpc) is 3.38. The Morgan fingerprint density at radius 3 is 2.49 bits per heavy atom. The first-order chi connectivity index (χ1) is 17.1. The standard InChI is InChI=1S/C26H26N4O4S/c1-33-20-8-6-18(7-9-20)27-24(31)17-10-13-29(14-11-17)26-28-22-12-15-35-23(22)25(32)30(26)19-4-3-5-21(16-19)34-2/h3-9,12,15-17H,10-11,13-14H2,1-2H3,(H,27,31). The summed E-state index contributed by atoms with van der Waals surface area (Å²) in [7, 11) is 3.21.